The molecule has 0 aromatic carbocycles. The zero-order valence-electron chi connectivity index (χ0n) is 14.8. The molecule has 3 unspecified atom stereocenters. The van der Waals surface area contributed by atoms with Crippen molar-refractivity contribution < 1.29 is 14.2 Å². The first-order valence-corrected chi connectivity index (χ1v) is 8.75. The first-order valence-electron chi connectivity index (χ1n) is 8.75. The molecule has 0 saturated carbocycles. The minimum atomic E-state index is 0. The van der Waals surface area contributed by atoms with Gasteiger partial charge in [0.15, 0.2) is 5.96 Å². The van der Waals surface area contributed by atoms with E-state index in [1.807, 2.05) is 7.05 Å². The Morgan fingerprint density at radius 3 is 2.58 bits per heavy atom. The molecule has 0 radical (unpaired) electrons. The molecule has 140 valence electrons. The molecule has 1 N–H and O–H groups in total. The molecule has 8 heteroatoms. The van der Waals surface area contributed by atoms with Crippen molar-refractivity contribution in [2.75, 3.05) is 66.6 Å². The van der Waals surface area contributed by atoms with Crippen molar-refractivity contribution in [3.05, 3.63) is 0 Å². The van der Waals surface area contributed by atoms with Gasteiger partial charge >= 0.3 is 0 Å². The summed E-state index contributed by atoms with van der Waals surface area (Å²) in [6, 6.07) is 0. The summed E-state index contributed by atoms with van der Waals surface area (Å²) in [4.78, 5) is 9.03. The van der Waals surface area contributed by atoms with E-state index >= 15 is 0 Å². The standard InChI is InChI=1S/C16H30N4O3.HI/c1-17-16(18-10-13-11-19(2)5-8-21-13)20-6-9-23-15(12-20)14-4-3-7-22-14;/h13-15H,3-12H2,1-2H3,(H,17,18);1H. The van der Waals surface area contributed by atoms with Gasteiger partial charge in [0.25, 0.3) is 0 Å². The Morgan fingerprint density at radius 1 is 1.08 bits per heavy atom. The SMILES string of the molecule is CN=C(NCC1CN(C)CCO1)N1CCOC(C2CCCO2)C1.I. The van der Waals surface area contributed by atoms with E-state index in [0.717, 1.165) is 71.3 Å². The Hall–Kier alpha value is -0.160. The second kappa shape index (κ2) is 10.1. The van der Waals surface area contributed by atoms with Crippen LogP contribution < -0.4 is 5.32 Å². The predicted octanol–water partition coefficient (Wildman–Crippen LogP) is 0.390. The Bertz CT molecular complexity index is 407. The first-order chi connectivity index (χ1) is 11.3. The van der Waals surface area contributed by atoms with Crippen molar-refractivity contribution in [2.45, 2.75) is 31.2 Å². The number of aliphatic imine (C=N–C) groups is 1. The van der Waals surface area contributed by atoms with Gasteiger partial charge in [0.1, 0.15) is 6.10 Å². The van der Waals surface area contributed by atoms with E-state index in [-0.39, 0.29) is 42.3 Å². The number of morpholine rings is 2. The molecule has 0 aromatic heterocycles. The third-order valence-corrected chi connectivity index (χ3v) is 4.81. The minimum Gasteiger partial charge on any atom is -0.375 e. The topological polar surface area (TPSA) is 58.6 Å². The average molecular weight is 454 g/mol. The fourth-order valence-electron chi connectivity index (χ4n) is 3.52. The maximum Gasteiger partial charge on any atom is 0.193 e. The fourth-order valence-corrected chi connectivity index (χ4v) is 3.52. The maximum atomic E-state index is 5.91. The number of nitrogens with one attached hydrogen (secondary N) is 1. The zero-order valence-corrected chi connectivity index (χ0v) is 17.1. The van der Waals surface area contributed by atoms with Gasteiger partial charge < -0.3 is 29.3 Å². The number of ether oxygens (including phenoxy) is 3. The molecule has 24 heavy (non-hydrogen) atoms. The maximum absolute atomic E-state index is 5.91. The number of hydrogen-bond donors (Lipinski definition) is 1. The van der Waals surface area contributed by atoms with Crippen LogP contribution in [0.15, 0.2) is 4.99 Å². The summed E-state index contributed by atoms with van der Waals surface area (Å²) in [6.07, 6.45) is 2.87. The van der Waals surface area contributed by atoms with Crippen LogP contribution in [0.5, 0.6) is 0 Å². The highest BCUT2D eigenvalue weighted by Gasteiger charge is 2.32. The lowest BCUT2D eigenvalue weighted by Gasteiger charge is -2.38. The minimum absolute atomic E-state index is 0. The van der Waals surface area contributed by atoms with Crippen molar-refractivity contribution in [2.24, 2.45) is 4.99 Å². The summed E-state index contributed by atoms with van der Waals surface area (Å²) >= 11 is 0. The number of hydrogen-bond acceptors (Lipinski definition) is 5. The summed E-state index contributed by atoms with van der Waals surface area (Å²) in [5.74, 6) is 0.938. The van der Waals surface area contributed by atoms with Crippen LogP contribution in [0.2, 0.25) is 0 Å². The van der Waals surface area contributed by atoms with E-state index in [1.54, 1.807) is 0 Å². The van der Waals surface area contributed by atoms with Crippen molar-refractivity contribution >= 4 is 29.9 Å². The van der Waals surface area contributed by atoms with Crippen LogP contribution in [0.3, 0.4) is 0 Å². The van der Waals surface area contributed by atoms with Crippen LogP contribution in [0.1, 0.15) is 12.8 Å². The van der Waals surface area contributed by atoms with E-state index < -0.39 is 0 Å². The van der Waals surface area contributed by atoms with Gasteiger partial charge in [0, 0.05) is 46.4 Å². The Kier molecular flexibility index (Phi) is 8.48. The van der Waals surface area contributed by atoms with Crippen molar-refractivity contribution in [1.29, 1.82) is 0 Å². The normalized spacial score (nSPS) is 32.5. The van der Waals surface area contributed by atoms with Gasteiger partial charge in [-0.3, -0.25) is 4.99 Å². The third kappa shape index (κ3) is 5.42. The number of halogens is 1. The Morgan fingerprint density at radius 2 is 1.88 bits per heavy atom. The van der Waals surface area contributed by atoms with Crippen LogP contribution in [0.25, 0.3) is 0 Å². The van der Waals surface area contributed by atoms with Crippen LogP contribution in [-0.2, 0) is 14.2 Å². The fraction of sp³-hybridized carbons (Fsp3) is 0.938. The van der Waals surface area contributed by atoms with Crippen LogP contribution in [0.4, 0.5) is 0 Å². The number of likely N-dealkylation sites (N-methyl/N-ethyl adjacent to an activating group) is 1. The number of nitrogens with zero attached hydrogens (tertiary/aromatic N) is 3. The highest BCUT2D eigenvalue weighted by molar-refractivity contribution is 14.0. The van der Waals surface area contributed by atoms with Gasteiger partial charge in [0.2, 0.25) is 0 Å². The molecule has 3 aliphatic rings. The molecule has 0 aromatic rings. The number of rotatable bonds is 3. The molecule has 3 heterocycles. The van der Waals surface area contributed by atoms with Crippen LogP contribution >= 0.6 is 24.0 Å². The quantitative estimate of drug-likeness (QED) is 0.379. The van der Waals surface area contributed by atoms with E-state index in [1.165, 1.54) is 0 Å². The van der Waals surface area contributed by atoms with Crippen LogP contribution in [0, 0.1) is 0 Å². The van der Waals surface area contributed by atoms with Crippen molar-refractivity contribution in [3.63, 3.8) is 0 Å². The molecule has 3 rings (SSSR count). The number of guanidine groups is 1. The third-order valence-electron chi connectivity index (χ3n) is 4.81. The summed E-state index contributed by atoms with van der Waals surface area (Å²) < 4.78 is 17.5. The molecule has 3 atom stereocenters. The lowest BCUT2D eigenvalue weighted by atomic mass is 10.1. The molecule has 0 bridgehead atoms. The molecule has 0 aliphatic carbocycles. The monoisotopic (exact) mass is 454 g/mol. The largest absolute Gasteiger partial charge is 0.375 e. The van der Waals surface area contributed by atoms with Crippen molar-refractivity contribution in [3.8, 4) is 0 Å². The summed E-state index contributed by atoms with van der Waals surface area (Å²) in [6.45, 7) is 6.88. The summed E-state index contributed by atoms with van der Waals surface area (Å²) in [5.41, 5.74) is 0. The van der Waals surface area contributed by atoms with E-state index in [4.69, 9.17) is 14.2 Å². The van der Waals surface area contributed by atoms with Gasteiger partial charge in [-0.1, -0.05) is 0 Å². The van der Waals surface area contributed by atoms with E-state index in [9.17, 15) is 0 Å². The van der Waals surface area contributed by atoms with E-state index in [2.05, 4.69) is 27.2 Å². The van der Waals surface area contributed by atoms with E-state index in [0.29, 0.717) is 0 Å². The average Bonchev–Trinajstić information content (AvgIpc) is 3.10. The highest BCUT2D eigenvalue weighted by Crippen LogP contribution is 2.21. The second-order valence-corrected chi connectivity index (χ2v) is 6.59. The molecule has 7 nitrogen and oxygen atoms in total. The highest BCUT2D eigenvalue weighted by atomic mass is 127. The molecule has 3 saturated heterocycles. The molecule has 3 aliphatic heterocycles. The first kappa shape index (κ1) is 20.2. The predicted molar refractivity (Wildman–Crippen MR) is 104 cm³/mol. The van der Waals surface area contributed by atoms with Gasteiger partial charge in [-0.15, -0.1) is 24.0 Å². The lowest BCUT2D eigenvalue weighted by Crippen LogP contribution is -2.55. The Labute approximate surface area is 162 Å². The van der Waals surface area contributed by atoms with Gasteiger partial charge in [-0.05, 0) is 19.9 Å². The molecular formula is C16H31IN4O3. The van der Waals surface area contributed by atoms with Gasteiger partial charge in [-0.25, -0.2) is 0 Å². The molecule has 0 spiro atoms. The summed E-state index contributed by atoms with van der Waals surface area (Å²) in [7, 11) is 3.98. The molecule has 3 fully saturated rings. The second-order valence-electron chi connectivity index (χ2n) is 6.59. The lowest BCUT2D eigenvalue weighted by molar-refractivity contribution is -0.0819. The van der Waals surface area contributed by atoms with Crippen LogP contribution in [-0.4, -0.2) is 101 Å². The van der Waals surface area contributed by atoms with Crippen molar-refractivity contribution in [1.82, 2.24) is 15.1 Å². The zero-order chi connectivity index (χ0) is 16.1. The van der Waals surface area contributed by atoms with Gasteiger partial charge in [0.05, 0.1) is 25.4 Å². The smallest absolute Gasteiger partial charge is 0.193 e. The summed E-state index contributed by atoms with van der Waals surface area (Å²) in [5, 5.41) is 3.47. The molecular weight excluding hydrogens is 423 g/mol. The van der Waals surface area contributed by atoms with Gasteiger partial charge in [-0.2, -0.15) is 0 Å². The molecule has 0 amide bonds. The Balaban J connectivity index is 0.00000208.